The zero-order valence-corrected chi connectivity index (χ0v) is 23.4. The molecule has 216 valence electrons. The Balaban J connectivity index is 1.78. The third-order valence-corrected chi connectivity index (χ3v) is 8.19. The molecule has 2 aliphatic rings. The maximum atomic E-state index is 12.6. The van der Waals surface area contributed by atoms with Crippen molar-refractivity contribution >= 4 is 23.4 Å². The summed E-state index contributed by atoms with van der Waals surface area (Å²) in [7, 11) is 0. The van der Waals surface area contributed by atoms with Crippen molar-refractivity contribution < 1.29 is 34.5 Å². The summed E-state index contributed by atoms with van der Waals surface area (Å²) in [6.07, 6.45) is 10.4. The Morgan fingerprint density at radius 1 is 1.11 bits per heavy atom. The monoisotopic (exact) mass is 535 g/mol. The summed E-state index contributed by atoms with van der Waals surface area (Å²) >= 11 is 0. The summed E-state index contributed by atoms with van der Waals surface area (Å²) in [5.41, 5.74) is 0. The molecule has 0 heterocycles. The lowest BCUT2D eigenvalue weighted by Gasteiger charge is -2.19. The van der Waals surface area contributed by atoms with Crippen LogP contribution in [0.5, 0.6) is 0 Å². The number of ketones is 2. The molecule has 38 heavy (non-hydrogen) atoms. The van der Waals surface area contributed by atoms with E-state index in [1.165, 1.54) is 19.3 Å². The molecule has 4 N–H and O–H groups in total. The largest absolute Gasteiger partial charge is 0.480 e. The number of Topliss-reactive ketones (excluding diaryl/α,β-unsaturated/α-hetero) is 2. The molecule has 1 amide bonds. The van der Waals surface area contributed by atoms with Crippen molar-refractivity contribution in [3.05, 3.63) is 12.2 Å². The fraction of sp³-hybridized carbons (Fsp3) is 0.800. The Hall–Kier alpha value is -2.06. The molecule has 0 saturated heterocycles. The van der Waals surface area contributed by atoms with E-state index in [0.717, 1.165) is 19.3 Å². The van der Waals surface area contributed by atoms with E-state index in [1.54, 1.807) is 12.2 Å². The molecule has 0 aromatic rings. The van der Waals surface area contributed by atoms with Crippen molar-refractivity contribution in [3.63, 3.8) is 0 Å². The zero-order chi connectivity index (χ0) is 28.2. The topological polar surface area (TPSA) is 141 Å². The number of amides is 1. The lowest BCUT2D eigenvalue weighted by Crippen LogP contribution is -2.41. The van der Waals surface area contributed by atoms with Gasteiger partial charge in [-0.25, -0.2) is 4.79 Å². The van der Waals surface area contributed by atoms with Crippen LogP contribution >= 0.6 is 0 Å². The van der Waals surface area contributed by atoms with E-state index in [1.807, 2.05) is 13.8 Å². The van der Waals surface area contributed by atoms with Crippen LogP contribution in [-0.2, 0) is 19.2 Å². The fourth-order valence-corrected chi connectivity index (χ4v) is 5.98. The summed E-state index contributed by atoms with van der Waals surface area (Å²) in [6, 6.07) is -0.913. The van der Waals surface area contributed by atoms with Crippen LogP contribution < -0.4 is 5.32 Å². The molecule has 0 radical (unpaired) electrons. The Labute approximate surface area is 227 Å². The summed E-state index contributed by atoms with van der Waals surface area (Å²) in [5.74, 6) is -1.67. The predicted octanol–water partition coefficient (Wildman–Crippen LogP) is 4.21. The molecule has 0 aromatic heterocycles. The quantitative estimate of drug-likeness (QED) is 0.161. The Morgan fingerprint density at radius 3 is 2.47 bits per heavy atom. The average Bonchev–Trinajstić information content (AvgIpc) is 3.42. The van der Waals surface area contributed by atoms with Crippen molar-refractivity contribution in [2.24, 2.45) is 29.6 Å². The van der Waals surface area contributed by atoms with Gasteiger partial charge < -0.3 is 20.6 Å². The fourth-order valence-electron chi connectivity index (χ4n) is 5.98. The number of unbranched alkanes of at least 4 members (excludes halogenated alkanes) is 2. The van der Waals surface area contributed by atoms with Crippen LogP contribution in [0.3, 0.4) is 0 Å². The third-order valence-electron chi connectivity index (χ3n) is 8.19. The van der Waals surface area contributed by atoms with Crippen LogP contribution in [-0.4, -0.2) is 57.0 Å². The van der Waals surface area contributed by atoms with Crippen molar-refractivity contribution in [1.82, 2.24) is 5.32 Å². The van der Waals surface area contributed by atoms with E-state index >= 15 is 0 Å². The number of hydrogen-bond donors (Lipinski definition) is 4. The molecule has 7 atom stereocenters. The van der Waals surface area contributed by atoms with Gasteiger partial charge in [-0.15, -0.1) is 0 Å². The highest BCUT2D eigenvalue weighted by Gasteiger charge is 2.41. The number of aliphatic hydroxyl groups excluding tert-OH is 2. The van der Waals surface area contributed by atoms with Gasteiger partial charge in [0, 0.05) is 37.5 Å². The average molecular weight is 536 g/mol. The standard InChI is InChI=1S/C30H49NO7/c1-4-5-8-20-11-12-21(16-20)26(33)14-13-23-24(28(35)18-27(23)34)17-22(32)9-6-7-10-29(36)31-25(30(37)38)15-19(2)3/h13-14,19-21,23-27,33-34H,4-12,15-18H2,1-3H3,(H,31,36)(H,37,38)/b14-13+. The molecule has 0 bridgehead atoms. The molecule has 0 spiro atoms. The molecule has 0 aromatic carbocycles. The van der Waals surface area contributed by atoms with Gasteiger partial charge in [-0.3, -0.25) is 14.4 Å². The number of aliphatic carboxylic acids is 1. The van der Waals surface area contributed by atoms with Crippen LogP contribution in [0, 0.1) is 29.6 Å². The van der Waals surface area contributed by atoms with Crippen molar-refractivity contribution in [1.29, 1.82) is 0 Å². The first kappa shape index (κ1) is 32.2. The molecule has 2 fully saturated rings. The number of aliphatic hydroxyl groups is 2. The number of hydrogen-bond acceptors (Lipinski definition) is 6. The molecule has 8 heteroatoms. The van der Waals surface area contributed by atoms with E-state index in [4.69, 9.17) is 0 Å². The zero-order valence-electron chi connectivity index (χ0n) is 23.4. The molecule has 7 unspecified atom stereocenters. The Bertz CT molecular complexity index is 823. The highest BCUT2D eigenvalue weighted by molar-refractivity contribution is 5.90. The highest BCUT2D eigenvalue weighted by Crippen LogP contribution is 2.38. The SMILES string of the molecule is CCCCC1CCC(C(O)/C=C/C2C(O)CC(=O)C2CC(=O)CCCCC(=O)NC(CC(C)C)C(=O)O)C1. The molecule has 2 rings (SSSR count). The van der Waals surface area contributed by atoms with Gasteiger partial charge in [0.1, 0.15) is 17.6 Å². The van der Waals surface area contributed by atoms with Crippen LogP contribution in [0.2, 0.25) is 0 Å². The van der Waals surface area contributed by atoms with Crippen molar-refractivity contribution in [3.8, 4) is 0 Å². The summed E-state index contributed by atoms with van der Waals surface area (Å²) in [5, 5.41) is 32.9. The maximum absolute atomic E-state index is 12.6. The third kappa shape index (κ3) is 10.6. The molecule has 2 aliphatic carbocycles. The van der Waals surface area contributed by atoms with Gasteiger partial charge in [-0.1, -0.05) is 58.6 Å². The lowest BCUT2D eigenvalue weighted by atomic mass is 9.87. The first-order valence-electron chi connectivity index (χ1n) is 14.6. The highest BCUT2D eigenvalue weighted by atomic mass is 16.4. The van der Waals surface area contributed by atoms with Crippen LogP contribution in [0.4, 0.5) is 0 Å². The van der Waals surface area contributed by atoms with E-state index in [2.05, 4.69) is 12.2 Å². The van der Waals surface area contributed by atoms with E-state index in [0.29, 0.717) is 25.2 Å². The summed E-state index contributed by atoms with van der Waals surface area (Å²) < 4.78 is 0. The molecule has 8 nitrogen and oxygen atoms in total. The lowest BCUT2D eigenvalue weighted by molar-refractivity contribution is -0.142. The molecular formula is C30H49NO7. The van der Waals surface area contributed by atoms with Gasteiger partial charge in [0.2, 0.25) is 5.91 Å². The smallest absolute Gasteiger partial charge is 0.326 e. The van der Waals surface area contributed by atoms with Gasteiger partial charge in [0.15, 0.2) is 0 Å². The van der Waals surface area contributed by atoms with Crippen molar-refractivity contribution in [2.75, 3.05) is 0 Å². The minimum atomic E-state index is -1.05. The summed E-state index contributed by atoms with van der Waals surface area (Å²) in [6.45, 7) is 5.97. The van der Waals surface area contributed by atoms with Gasteiger partial charge >= 0.3 is 5.97 Å². The summed E-state index contributed by atoms with van der Waals surface area (Å²) in [4.78, 5) is 48.5. The van der Waals surface area contributed by atoms with Gasteiger partial charge in [0.25, 0.3) is 0 Å². The predicted molar refractivity (Wildman–Crippen MR) is 145 cm³/mol. The minimum Gasteiger partial charge on any atom is -0.480 e. The Kier molecular flexibility index (Phi) is 13.7. The normalized spacial score (nSPS) is 27.2. The second-order valence-electron chi connectivity index (χ2n) is 11.9. The van der Waals surface area contributed by atoms with Gasteiger partial charge in [-0.2, -0.15) is 0 Å². The van der Waals surface area contributed by atoms with Crippen LogP contribution in [0.1, 0.15) is 104 Å². The number of carbonyl (C=O) groups excluding carboxylic acids is 3. The molecule has 0 aliphatic heterocycles. The number of carboxylic acid groups (broad SMARTS) is 1. The number of nitrogens with one attached hydrogen (secondary N) is 1. The van der Waals surface area contributed by atoms with Crippen molar-refractivity contribution in [2.45, 2.75) is 122 Å². The van der Waals surface area contributed by atoms with Gasteiger partial charge in [0.05, 0.1) is 12.2 Å². The van der Waals surface area contributed by atoms with Crippen LogP contribution in [0.15, 0.2) is 12.2 Å². The number of rotatable bonds is 17. The minimum absolute atomic E-state index is 0.0207. The first-order valence-corrected chi connectivity index (χ1v) is 14.6. The number of carboxylic acids is 1. The van der Waals surface area contributed by atoms with Gasteiger partial charge in [-0.05, 0) is 49.9 Å². The second-order valence-corrected chi connectivity index (χ2v) is 11.9. The van der Waals surface area contributed by atoms with E-state index in [-0.39, 0.29) is 55.0 Å². The molecule has 2 saturated carbocycles. The molecular weight excluding hydrogens is 486 g/mol. The van der Waals surface area contributed by atoms with E-state index in [9.17, 15) is 34.5 Å². The maximum Gasteiger partial charge on any atom is 0.326 e. The first-order chi connectivity index (χ1) is 18.0. The van der Waals surface area contributed by atoms with E-state index < -0.39 is 36.1 Å². The van der Waals surface area contributed by atoms with Crippen LogP contribution in [0.25, 0.3) is 0 Å². The number of carbonyl (C=O) groups is 4. The Morgan fingerprint density at radius 2 is 1.82 bits per heavy atom. The second kappa shape index (κ2) is 16.1.